The standard InChI is InChI=1S/C18H21N5O/c1-2-14-16-17(23(22-14)13-7-3-4-8-13)20-15(21-18(16)24)10-12-6-5-9-19-11-12/h5-6,9,11,13,22H,2-4,7-8,10H2,1H3. The average Bonchev–Trinajstić information content (AvgIpc) is 3.23. The molecule has 6 nitrogen and oxygen atoms in total. The maximum atomic E-state index is 12.6. The Morgan fingerprint density at radius 1 is 1.29 bits per heavy atom. The summed E-state index contributed by atoms with van der Waals surface area (Å²) in [6.45, 7) is 2.05. The molecule has 3 aliphatic rings. The number of aryl methyl sites for hydroxylation is 1. The maximum Gasteiger partial charge on any atom is 0.284 e. The van der Waals surface area contributed by atoms with Crippen LogP contribution in [0, 0.1) is 0 Å². The number of H-pyrrole nitrogens is 1. The summed E-state index contributed by atoms with van der Waals surface area (Å²) in [5.41, 5.74) is 2.42. The molecule has 0 saturated heterocycles. The van der Waals surface area contributed by atoms with E-state index < -0.39 is 0 Å². The highest BCUT2D eigenvalue weighted by Crippen LogP contribution is 2.33. The Balaban J connectivity index is 1.81. The van der Waals surface area contributed by atoms with Crippen molar-refractivity contribution in [2.45, 2.75) is 51.5 Å². The second-order valence-corrected chi connectivity index (χ2v) is 6.43. The molecule has 1 N–H and O–H groups in total. The van der Waals surface area contributed by atoms with E-state index >= 15 is 0 Å². The number of hydrogen-bond acceptors (Lipinski definition) is 4. The lowest BCUT2D eigenvalue weighted by molar-refractivity contribution is 0.464. The van der Waals surface area contributed by atoms with E-state index in [1.807, 2.05) is 19.1 Å². The van der Waals surface area contributed by atoms with Crippen LogP contribution >= 0.6 is 0 Å². The molecular formula is C18H21N5O. The molecule has 0 unspecified atom stereocenters. The summed E-state index contributed by atoms with van der Waals surface area (Å²) in [6.07, 6.45) is 9.57. The van der Waals surface area contributed by atoms with Gasteiger partial charge >= 0.3 is 0 Å². The Hall–Kier alpha value is -2.50. The molecule has 1 fully saturated rings. The molecule has 0 spiro atoms. The molecule has 124 valence electrons. The smallest absolute Gasteiger partial charge is 0.284 e. The molecule has 4 rings (SSSR count). The Labute approximate surface area is 140 Å². The summed E-state index contributed by atoms with van der Waals surface area (Å²) in [5.74, 6) is 1.33. The van der Waals surface area contributed by atoms with Crippen molar-refractivity contribution in [3.63, 3.8) is 0 Å². The molecule has 0 bridgehead atoms. The molecule has 0 aromatic carbocycles. The Bertz CT molecular complexity index is 861. The van der Waals surface area contributed by atoms with Gasteiger partial charge in [0.2, 0.25) is 0 Å². The predicted octanol–water partition coefficient (Wildman–Crippen LogP) is 2.73. The van der Waals surface area contributed by atoms with E-state index in [0.717, 1.165) is 36.3 Å². The van der Waals surface area contributed by atoms with Crippen LogP contribution in [0.15, 0.2) is 29.3 Å². The fourth-order valence-corrected chi connectivity index (χ4v) is 3.61. The first-order chi connectivity index (χ1) is 11.8. The van der Waals surface area contributed by atoms with Crippen LogP contribution in [-0.2, 0) is 12.8 Å². The van der Waals surface area contributed by atoms with Crippen molar-refractivity contribution in [2.24, 2.45) is 0 Å². The van der Waals surface area contributed by atoms with E-state index in [9.17, 15) is 4.79 Å². The van der Waals surface area contributed by atoms with E-state index in [-0.39, 0.29) is 5.56 Å². The largest absolute Gasteiger partial charge is 0.300 e. The van der Waals surface area contributed by atoms with Crippen LogP contribution in [0.4, 0.5) is 0 Å². The van der Waals surface area contributed by atoms with Gasteiger partial charge in [-0.1, -0.05) is 25.8 Å². The highest BCUT2D eigenvalue weighted by Gasteiger charge is 2.27. The topological polar surface area (TPSA) is 76.5 Å². The third-order valence-corrected chi connectivity index (χ3v) is 4.82. The van der Waals surface area contributed by atoms with E-state index in [4.69, 9.17) is 4.98 Å². The van der Waals surface area contributed by atoms with Gasteiger partial charge in [0.1, 0.15) is 11.4 Å². The van der Waals surface area contributed by atoms with Gasteiger partial charge in [-0.15, -0.1) is 0 Å². The number of hydrogen-bond donors (Lipinski definition) is 1. The lowest BCUT2D eigenvalue weighted by Crippen LogP contribution is -2.18. The molecule has 1 aromatic heterocycles. The van der Waals surface area contributed by atoms with Crippen LogP contribution in [-0.4, -0.2) is 24.7 Å². The second kappa shape index (κ2) is 6.19. The summed E-state index contributed by atoms with van der Waals surface area (Å²) in [7, 11) is 0. The molecule has 6 heteroatoms. The number of fused-ring (bicyclic) bond motifs is 1. The van der Waals surface area contributed by atoms with Crippen LogP contribution < -0.4 is 5.56 Å². The molecule has 1 saturated carbocycles. The summed E-state index contributed by atoms with van der Waals surface area (Å²) in [4.78, 5) is 25.7. The first-order valence-electron chi connectivity index (χ1n) is 8.65. The van der Waals surface area contributed by atoms with Crippen LogP contribution in [0.3, 0.4) is 0 Å². The highest BCUT2D eigenvalue weighted by molar-refractivity contribution is 5.59. The van der Waals surface area contributed by atoms with Gasteiger partial charge in [-0.05, 0) is 30.9 Å². The maximum absolute atomic E-state index is 12.6. The van der Waals surface area contributed by atoms with E-state index in [1.54, 1.807) is 12.4 Å². The Kier molecular flexibility index (Phi) is 3.88. The van der Waals surface area contributed by atoms with Gasteiger partial charge in [-0.2, -0.15) is 4.98 Å². The van der Waals surface area contributed by atoms with E-state index in [0.29, 0.717) is 23.9 Å². The number of rotatable bonds is 4. The summed E-state index contributed by atoms with van der Waals surface area (Å²) >= 11 is 0. The number of aromatic nitrogens is 5. The second-order valence-electron chi connectivity index (χ2n) is 6.43. The van der Waals surface area contributed by atoms with Crippen molar-refractivity contribution >= 4 is 0 Å². The van der Waals surface area contributed by atoms with Crippen LogP contribution in [0.5, 0.6) is 0 Å². The lowest BCUT2D eigenvalue weighted by atomic mass is 10.1. The summed E-state index contributed by atoms with van der Waals surface area (Å²) < 4.78 is 2.11. The van der Waals surface area contributed by atoms with Gasteiger partial charge in [-0.25, -0.2) is 4.98 Å². The van der Waals surface area contributed by atoms with Gasteiger partial charge in [0, 0.05) is 24.5 Å². The minimum Gasteiger partial charge on any atom is -0.300 e. The summed E-state index contributed by atoms with van der Waals surface area (Å²) in [5, 5.41) is 3.42. The summed E-state index contributed by atoms with van der Waals surface area (Å²) in [6, 6.07) is 4.27. The Morgan fingerprint density at radius 2 is 2.12 bits per heavy atom. The highest BCUT2D eigenvalue weighted by atomic mass is 16.1. The number of pyridine rings is 1. The molecule has 1 aromatic rings. The molecule has 0 atom stereocenters. The van der Waals surface area contributed by atoms with Crippen molar-refractivity contribution in [3.8, 4) is 11.4 Å². The third-order valence-electron chi connectivity index (χ3n) is 4.82. The zero-order valence-corrected chi connectivity index (χ0v) is 13.8. The van der Waals surface area contributed by atoms with Crippen molar-refractivity contribution in [1.29, 1.82) is 0 Å². The molecule has 24 heavy (non-hydrogen) atoms. The number of nitrogens with one attached hydrogen (secondary N) is 1. The van der Waals surface area contributed by atoms with E-state index in [2.05, 4.69) is 19.7 Å². The van der Waals surface area contributed by atoms with Crippen molar-refractivity contribution < 1.29 is 0 Å². The van der Waals surface area contributed by atoms with Crippen molar-refractivity contribution in [1.82, 2.24) is 24.7 Å². The molecule has 2 aliphatic heterocycles. The minimum atomic E-state index is -0.177. The quantitative estimate of drug-likeness (QED) is 0.801. The monoisotopic (exact) mass is 323 g/mol. The molecule has 0 amide bonds. The average molecular weight is 323 g/mol. The molecule has 1 aliphatic carbocycles. The van der Waals surface area contributed by atoms with Crippen LogP contribution in [0.25, 0.3) is 11.4 Å². The first kappa shape index (κ1) is 15.1. The Morgan fingerprint density at radius 3 is 2.83 bits per heavy atom. The van der Waals surface area contributed by atoms with Crippen LogP contribution in [0.2, 0.25) is 0 Å². The molecular weight excluding hydrogens is 302 g/mol. The normalized spacial score (nSPS) is 15.4. The minimum absolute atomic E-state index is 0.177. The number of aromatic amines is 1. The SMILES string of the molecule is CCc1[nH]n(C2CCCC2)c2nc(Cc3cccnc3)nc(=O)c1-2. The molecule has 3 heterocycles. The fourth-order valence-electron chi connectivity index (χ4n) is 3.61. The first-order valence-corrected chi connectivity index (χ1v) is 8.65. The van der Waals surface area contributed by atoms with Gasteiger partial charge in [0.05, 0.1) is 6.04 Å². The van der Waals surface area contributed by atoms with Crippen LogP contribution in [0.1, 0.15) is 55.7 Å². The van der Waals surface area contributed by atoms with Gasteiger partial charge in [0.15, 0.2) is 5.82 Å². The lowest BCUT2D eigenvalue weighted by Gasteiger charge is -2.13. The zero-order valence-electron chi connectivity index (χ0n) is 13.8. The van der Waals surface area contributed by atoms with Crippen molar-refractivity contribution in [3.05, 3.63) is 52.0 Å². The van der Waals surface area contributed by atoms with Gasteiger partial charge < -0.3 is 0 Å². The third kappa shape index (κ3) is 2.62. The zero-order chi connectivity index (χ0) is 16.5. The predicted molar refractivity (Wildman–Crippen MR) is 91.2 cm³/mol. The van der Waals surface area contributed by atoms with E-state index in [1.165, 1.54) is 12.8 Å². The molecule has 0 radical (unpaired) electrons. The van der Waals surface area contributed by atoms with Gasteiger partial charge in [0.25, 0.3) is 5.56 Å². The fraction of sp³-hybridized carbons (Fsp3) is 0.444. The van der Waals surface area contributed by atoms with Crippen molar-refractivity contribution in [2.75, 3.05) is 0 Å². The van der Waals surface area contributed by atoms with Gasteiger partial charge in [-0.3, -0.25) is 19.6 Å². The number of nitrogens with zero attached hydrogens (tertiary/aromatic N) is 4.